The topological polar surface area (TPSA) is 40.5 Å². The van der Waals surface area contributed by atoms with Crippen LogP contribution in [0.5, 0.6) is 11.5 Å². The molecule has 22 heavy (non-hydrogen) atoms. The lowest BCUT2D eigenvalue weighted by atomic mass is 9.63. The van der Waals surface area contributed by atoms with E-state index in [1.165, 1.54) is 44.1 Å². The van der Waals surface area contributed by atoms with Crippen LogP contribution >= 0.6 is 0 Å². The predicted octanol–water partition coefficient (Wildman–Crippen LogP) is 4.72. The molecule has 0 saturated heterocycles. The standard InChI is InChI=1S/C20H22O2/c21-17-9-8-16(19-14(17)3-1-5-18(19)22)20-10-2-4-15(20)12-6-7-13(20)11-12/h1,3,5,8-9,12-13,15,21-22H,2,4,6-7,10-11H2. The predicted molar refractivity (Wildman–Crippen MR) is 87.1 cm³/mol. The third-order valence-corrected chi connectivity index (χ3v) is 7.04. The number of phenolic OH excluding ortho intramolecular Hbond substituents is 2. The number of phenols is 2. The lowest BCUT2D eigenvalue weighted by Crippen LogP contribution is -2.36. The Hall–Kier alpha value is -1.70. The minimum Gasteiger partial charge on any atom is -0.507 e. The van der Waals surface area contributed by atoms with Crippen LogP contribution in [0.15, 0.2) is 30.3 Å². The fourth-order valence-corrected chi connectivity index (χ4v) is 6.38. The van der Waals surface area contributed by atoms with Gasteiger partial charge in [-0.05, 0) is 67.6 Å². The van der Waals surface area contributed by atoms with E-state index in [4.69, 9.17) is 0 Å². The summed E-state index contributed by atoms with van der Waals surface area (Å²) in [5, 5.41) is 22.4. The third-order valence-electron chi connectivity index (χ3n) is 7.04. The maximum absolute atomic E-state index is 10.5. The van der Waals surface area contributed by atoms with Crippen molar-refractivity contribution in [3.63, 3.8) is 0 Å². The highest BCUT2D eigenvalue weighted by molar-refractivity contribution is 5.96. The van der Waals surface area contributed by atoms with Crippen LogP contribution in [0.4, 0.5) is 0 Å². The van der Waals surface area contributed by atoms with E-state index in [1.54, 1.807) is 6.07 Å². The number of hydrogen-bond acceptors (Lipinski definition) is 2. The van der Waals surface area contributed by atoms with Crippen molar-refractivity contribution < 1.29 is 10.2 Å². The number of hydrogen-bond donors (Lipinski definition) is 2. The summed E-state index contributed by atoms with van der Waals surface area (Å²) in [5.41, 5.74) is 1.57. The lowest BCUT2D eigenvalue weighted by molar-refractivity contribution is 0.205. The Morgan fingerprint density at radius 3 is 2.77 bits per heavy atom. The molecule has 4 atom stereocenters. The Bertz CT molecular complexity index is 766. The highest BCUT2D eigenvalue weighted by Crippen LogP contribution is 2.68. The zero-order valence-electron chi connectivity index (χ0n) is 12.8. The van der Waals surface area contributed by atoms with E-state index >= 15 is 0 Å². The van der Waals surface area contributed by atoms with Crippen LogP contribution in [0.3, 0.4) is 0 Å². The van der Waals surface area contributed by atoms with Crippen LogP contribution in [0.1, 0.15) is 44.1 Å². The van der Waals surface area contributed by atoms with Gasteiger partial charge in [-0.2, -0.15) is 0 Å². The van der Waals surface area contributed by atoms with Crippen molar-refractivity contribution in [2.24, 2.45) is 17.8 Å². The summed E-state index contributed by atoms with van der Waals surface area (Å²) in [7, 11) is 0. The summed E-state index contributed by atoms with van der Waals surface area (Å²) in [4.78, 5) is 0. The van der Waals surface area contributed by atoms with E-state index in [0.29, 0.717) is 5.75 Å². The van der Waals surface area contributed by atoms with Gasteiger partial charge in [0, 0.05) is 16.2 Å². The van der Waals surface area contributed by atoms with Crippen molar-refractivity contribution in [1.82, 2.24) is 0 Å². The molecule has 2 nitrogen and oxygen atoms in total. The molecule has 3 saturated carbocycles. The molecule has 3 aliphatic rings. The van der Waals surface area contributed by atoms with Gasteiger partial charge in [-0.3, -0.25) is 0 Å². The molecule has 0 amide bonds. The van der Waals surface area contributed by atoms with Crippen LogP contribution in [0.2, 0.25) is 0 Å². The van der Waals surface area contributed by atoms with E-state index < -0.39 is 0 Å². The Kier molecular flexibility index (Phi) is 2.44. The van der Waals surface area contributed by atoms with Gasteiger partial charge in [0.25, 0.3) is 0 Å². The first-order valence-corrected chi connectivity index (χ1v) is 8.66. The van der Waals surface area contributed by atoms with Gasteiger partial charge in [0.05, 0.1) is 0 Å². The lowest BCUT2D eigenvalue weighted by Gasteiger charge is -2.41. The quantitative estimate of drug-likeness (QED) is 0.799. The van der Waals surface area contributed by atoms with Crippen molar-refractivity contribution in [1.29, 1.82) is 0 Å². The summed E-state index contributed by atoms with van der Waals surface area (Å²) in [6.07, 6.45) is 8.04. The summed E-state index contributed by atoms with van der Waals surface area (Å²) >= 11 is 0. The van der Waals surface area contributed by atoms with Crippen molar-refractivity contribution in [2.45, 2.75) is 43.9 Å². The van der Waals surface area contributed by atoms with Crippen LogP contribution in [0.25, 0.3) is 10.8 Å². The Balaban J connectivity index is 1.83. The maximum Gasteiger partial charge on any atom is 0.123 e. The number of benzene rings is 2. The molecule has 5 rings (SSSR count). The minimum atomic E-state index is 0.258. The average molecular weight is 294 g/mol. The van der Waals surface area contributed by atoms with Crippen LogP contribution in [0, 0.1) is 17.8 Å². The van der Waals surface area contributed by atoms with Crippen molar-refractivity contribution in [2.75, 3.05) is 0 Å². The highest BCUT2D eigenvalue weighted by atomic mass is 16.3. The highest BCUT2D eigenvalue weighted by Gasteiger charge is 2.60. The van der Waals surface area contributed by atoms with Gasteiger partial charge < -0.3 is 10.2 Å². The number of aromatic hydroxyl groups is 2. The molecule has 2 heteroatoms. The normalized spacial score (nSPS) is 36.1. The smallest absolute Gasteiger partial charge is 0.123 e. The molecule has 3 fully saturated rings. The first-order chi connectivity index (χ1) is 10.7. The van der Waals surface area contributed by atoms with E-state index in [-0.39, 0.29) is 11.2 Å². The second-order valence-electron chi connectivity index (χ2n) is 7.64. The molecule has 4 unspecified atom stereocenters. The molecule has 0 aromatic heterocycles. The third kappa shape index (κ3) is 1.37. The first kappa shape index (κ1) is 12.8. The van der Waals surface area contributed by atoms with Crippen LogP contribution in [-0.2, 0) is 5.41 Å². The molecule has 0 spiro atoms. The monoisotopic (exact) mass is 294 g/mol. The zero-order chi connectivity index (χ0) is 14.9. The SMILES string of the molecule is Oc1ccc(C23CCCC2C2CCC3C2)c2c(O)cccc12. The van der Waals surface area contributed by atoms with Gasteiger partial charge in [0.1, 0.15) is 11.5 Å². The van der Waals surface area contributed by atoms with E-state index in [9.17, 15) is 10.2 Å². The molecule has 2 aromatic carbocycles. The van der Waals surface area contributed by atoms with Crippen LogP contribution in [-0.4, -0.2) is 10.2 Å². The second kappa shape index (κ2) is 4.18. The molecule has 0 aliphatic heterocycles. The number of rotatable bonds is 1. The molecule has 0 radical (unpaired) electrons. The second-order valence-corrected chi connectivity index (χ2v) is 7.64. The maximum atomic E-state index is 10.5. The molecular weight excluding hydrogens is 272 g/mol. The molecule has 114 valence electrons. The van der Waals surface area contributed by atoms with Gasteiger partial charge in [-0.1, -0.05) is 24.6 Å². The van der Waals surface area contributed by atoms with Crippen LogP contribution < -0.4 is 0 Å². The molecule has 0 heterocycles. The van der Waals surface area contributed by atoms with Gasteiger partial charge in [-0.15, -0.1) is 0 Å². The largest absolute Gasteiger partial charge is 0.507 e. The van der Waals surface area contributed by atoms with Gasteiger partial charge in [0.15, 0.2) is 0 Å². The Morgan fingerprint density at radius 1 is 0.955 bits per heavy atom. The fraction of sp³-hybridized carbons (Fsp3) is 0.500. The minimum absolute atomic E-state index is 0.258. The van der Waals surface area contributed by atoms with Crippen molar-refractivity contribution >= 4 is 10.8 Å². The molecule has 2 N–H and O–H groups in total. The molecule has 2 bridgehead atoms. The number of fused-ring (bicyclic) bond motifs is 6. The summed E-state index contributed by atoms with van der Waals surface area (Å²) < 4.78 is 0. The first-order valence-electron chi connectivity index (χ1n) is 8.66. The summed E-state index contributed by atoms with van der Waals surface area (Å²) in [6.45, 7) is 0. The van der Waals surface area contributed by atoms with E-state index in [2.05, 4.69) is 6.07 Å². The molecule has 3 aliphatic carbocycles. The van der Waals surface area contributed by atoms with Gasteiger partial charge in [-0.25, -0.2) is 0 Å². The summed E-state index contributed by atoms with van der Waals surface area (Å²) in [6, 6.07) is 9.47. The van der Waals surface area contributed by atoms with Crippen molar-refractivity contribution in [3.05, 3.63) is 35.9 Å². The molecular formula is C20H22O2. The van der Waals surface area contributed by atoms with Gasteiger partial charge in [0.2, 0.25) is 0 Å². The van der Waals surface area contributed by atoms with E-state index in [1.807, 2.05) is 18.2 Å². The fourth-order valence-electron chi connectivity index (χ4n) is 6.38. The summed E-state index contributed by atoms with van der Waals surface area (Å²) in [5.74, 6) is 3.06. The molecule has 2 aromatic rings. The average Bonchev–Trinajstić information content (AvgIpc) is 3.21. The van der Waals surface area contributed by atoms with Crippen molar-refractivity contribution in [3.8, 4) is 11.5 Å². The zero-order valence-corrected chi connectivity index (χ0v) is 12.8. The Morgan fingerprint density at radius 2 is 1.86 bits per heavy atom. The van der Waals surface area contributed by atoms with Gasteiger partial charge >= 0.3 is 0 Å². The Labute approximate surface area is 130 Å². The van der Waals surface area contributed by atoms with E-state index in [0.717, 1.165) is 28.5 Å².